The highest BCUT2D eigenvalue weighted by atomic mass is 35.5. The average Bonchev–Trinajstić information content (AvgIpc) is 2.63. The topological polar surface area (TPSA) is 41.6 Å². The van der Waals surface area contributed by atoms with Crippen LogP contribution in [0.3, 0.4) is 0 Å². The molecule has 0 aliphatic carbocycles. The Morgan fingerprint density at radius 2 is 2.05 bits per heavy atom. The summed E-state index contributed by atoms with van der Waals surface area (Å²) in [6, 6.07) is 0.647. The Balaban J connectivity index is 0.00000324. The largest absolute Gasteiger partial charge is 0.469 e. The molecule has 1 saturated heterocycles. The molecule has 1 heterocycles. The molecule has 1 N–H and O–H groups in total. The first-order valence-electron chi connectivity index (χ1n) is 6.97. The van der Waals surface area contributed by atoms with Crippen LogP contribution in [-0.4, -0.2) is 50.7 Å². The molecule has 0 radical (unpaired) electrons. The lowest BCUT2D eigenvalue weighted by Gasteiger charge is -2.30. The van der Waals surface area contributed by atoms with Crippen LogP contribution in [0.15, 0.2) is 0 Å². The van der Waals surface area contributed by atoms with Crippen LogP contribution in [0, 0.1) is 5.41 Å². The minimum absolute atomic E-state index is 0. The predicted molar refractivity (Wildman–Crippen MR) is 80.8 cm³/mol. The Morgan fingerprint density at radius 1 is 1.37 bits per heavy atom. The van der Waals surface area contributed by atoms with E-state index in [-0.39, 0.29) is 23.8 Å². The quantitative estimate of drug-likeness (QED) is 0.788. The van der Waals surface area contributed by atoms with Gasteiger partial charge in [-0.1, -0.05) is 0 Å². The van der Waals surface area contributed by atoms with E-state index in [4.69, 9.17) is 4.74 Å². The average molecular weight is 293 g/mol. The van der Waals surface area contributed by atoms with Crippen molar-refractivity contribution >= 4 is 18.4 Å². The highest BCUT2D eigenvalue weighted by molar-refractivity contribution is 5.85. The van der Waals surface area contributed by atoms with Crippen LogP contribution in [-0.2, 0) is 9.53 Å². The first-order valence-corrected chi connectivity index (χ1v) is 6.97. The summed E-state index contributed by atoms with van der Waals surface area (Å²) in [5.41, 5.74) is -0.383. The first-order chi connectivity index (χ1) is 8.47. The molecule has 5 heteroatoms. The molecule has 1 aliphatic rings. The molecule has 1 unspecified atom stereocenters. The van der Waals surface area contributed by atoms with Gasteiger partial charge in [-0.15, -0.1) is 12.4 Å². The SMILES string of the molecule is COC(=O)C(C)(C)CCN(C)C1CCCNCC1.Cl. The molecule has 0 aromatic rings. The summed E-state index contributed by atoms with van der Waals surface area (Å²) in [6.07, 6.45) is 4.55. The Morgan fingerprint density at radius 3 is 2.68 bits per heavy atom. The van der Waals surface area contributed by atoms with Crippen molar-refractivity contribution in [2.24, 2.45) is 5.41 Å². The maximum absolute atomic E-state index is 11.6. The summed E-state index contributed by atoms with van der Waals surface area (Å²) in [5.74, 6) is -0.113. The van der Waals surface area contributed by atoms with Gasteiger partial charge in [-0.25, -0.2) is 0 Å². The van der Waals surface area contributed by atoms with Crippen molar-refractivity contribution in [1.82, 2.24) is 10.2 Å². The Hall–Kier alpha value is -0.320. The number of halogens is 1. The molecule has 1 aliphatic heterocycles. The third-order valence-corrected chi connectivity index (χ3v) is 4.00. The van der Waals surface area contributed by atoms with Crippen LogP contribution >= 0.6 is 12.4 Å². The van der Waals surface area contributed by atoms with E-state index in [0.29, 0.717) is 6.04 Å². The van der Waals surface area contributed by atoms with Crippen molar-refractivity contribution in [3.05, 3.63) is 0 Å². The van der Waals surface area contributed by atoms with Gasteiger partial charge in [-0.05, 0) is 66.2 Å². The molecule has 1 fully saturated rings. The minimum atomic E-state index is -0.383. The molecule has 0 aromatic heterocycles. The summed E-state index contributed by atoms with van der Waals surface area (Å²) < 4.78 is 4.85. The third kappa shape index (κ3) is 6.11. The predicted octanol–water partition coefficient (Wildman–Crippen LogP) is 2.07. The Labute approximate surface area is 123 Å². The second-order valence-corrected chi connectivity index (χ2v) is 5.94. The molecule has 1 rings (SSSR count). The lowest BCUT2D eigenvalue weighted by Crippen LogP contribution is -2.37. The summed E-state index contributed by atoms with van der Waals surface area (Å²) in [5, 5.41) is 3.43. The van der Waals surface area contributed by atoms with Gasteiger partial charge in [-0.2, -0.15) is 0 Å². The fourth-order valence-corrected chi connectivity index (χ4v) is 2.46. The molecule has 0 amide bonds. The monoisotopic (exact) mass is 292 g/mol. The molecule has 0 saturated carbocycles. The molecular formula is C14H29ClN2O2. The second-order valence-electron chi connectivity index (χ2n) is 5.94. The molecule has 0 spiro atoms. The van der Waals surface area contributed by atoms with Gasteiger partial charge in [0.25, 0.3) is 0 Å². The number of nitrogens with one attached hydrogen (secondary N) is 1. The summed E-state index contributed by atoms with van der Waals surface area (Å²) in [6.45, 7) is 7.11. The molecule has 19 heavy (non-hydrogen) atoms. The Bertz CT molecular complexity index is 264. The minimum Gasteiger partial charge on any atom is -0.469 e. The zero-order chi connectivity index (χ0) is 13.6. The number of hydrogen-bond donors (Lipinski definition) is 1. The van der Waals surface area contributed by atoms with Gasteiger partial charge in [-0.3, -0.25) is 4.79 Å². The van der Waals surface area contributed by atoms with E-state index in [9.17, 15) is 4.79 Å². The highest BCUT2D eigenvalue weighted by Gasteiger charge is 2.29. The van der Waals surface area contributed by atoms with Crippen LogP contribution < -0.4 is 5.32 Å². The summed E-state index contributed by atoms with van der Waals surface area (Å²) in [4.78, 5) is 14.0. The number of carbonyl (C=O) groups excluding carboxylic acids is 1. The van der Waals surface area contributed by atoms with E-state index < -0.39 is 0 Å². The van der Waals surface area contributed by atoms with Gasteiger partial charge < -0.3 is 15.0 Å². The molecular weight excluding hydrogens is 264 g/mol. The fourth-order valence-electron chi connectivity index (χ4n) is 2.46. The van der Waals surface area contributed by atoms with Gasteiger partial charge in [0.05, 0.1) is 12.5 Å². The van der Waals surface area contributed by atoms with Crippen LogP contribution in [0.2, 0.25) is 0 Å². The van der Waals surface area contributed by atoms with E-state index in [0.717, 1.165) is 26.1 Å². The van der Waals surface area contributed by atoms with Gasteiger partial charge in [0.15, 0.2) is 0 Å². The zero-order valence-corrected chi connectivity index (χ0v) is 13.5. The van der Waals surface area contributed by atoms with Crippen LogP contribution in [0.4, 0.5) is 0 Å². The number of rotatable bonds is 5. The number of hydrogen-bond acceptors (Lipinski definition) is 4. The molecule has 0 aromatic carbocycles. The van der Waals surface area contributed by atoms with Crippen molar-refractivity contribution in [1.29, 1.82) is 0 Å². The maximum atomic E-state index is 11.6. The number of carbonyl (C=O) groups is 1. The van der Waals surface area contributed by atoms with Gasteiger partial charge in [0.1, 0.15) is 0 Å². The first kappa shape index (κ1) is 18.7. The van der Waals surface area contributed by atoms with E-state index in [2.05, 4.69) is 17.3 Å². The van der Waals surface area contributed by atoms with E-state index in [1.165, 1.54) is 26.4 Å². The van der Waals surface area contributed by atoms with Crippen molar-refractivity contribution in [3.63, 3.8) is 0 Å². The summed E-state index contributed by atoms with van der Waals surface area (Å²) >= 11 is 0. The summed E-state index contributed by atoms with van der Waals surface area (Å²) in [7, 11) is 3.63. The number of methoxy groups -OCH3 is 1. The lowest BCUT2D eigenvalue weighted by atomic mass is 9.89. The fraction of sp³-hybridized carbons (Fsp3) is 0.929. The van der Waals surface area contributed by atoms with E-state index >= 15 is 0 Å². The molecule has 114 valence electrons. The van der Waals surface area contributed by atoms with Crippen LogP contribution in [0.25, 0.3) is 0 Å². The van der Waals surface area contributed by atoms with Crippen molar-refractivity contribution in [2.75, 3.05) is 33.8 Å². The van der Waals surface area contributed by atoms with Gasteiger partial charge >= 0.3 is 5.97 Å². The highest BCUT2D eigenvalue weighted by Crippen LogP contribution is 2.23. The van der Waals surface area contributed by atoms with E-state index in [1.54, 1.807) is 0 Å². The number of esters is 1. The number of nitrogens with zero attached hydrogens (tertiary/aromatic N) is 1. The molecule has 1 atom stereocenters. The van der Waals surface area contributed by atoms with E-state index in [1.807, 2.05) is 13.8 Å². The van der Waals surface area contributed by atoms with Crippen LogP contribution in [0.1, 0.15) is 39.5 Å². The maximum Gasteiger partial charge on any atom is 0.311 e. The standard InChI is InChI=1S/C14H28N2O2.ClH/c1-14(2,13(17)18-4)8-11-16(3)12-6-5-9-15-10-7-12;/h12,15H,5-11H2,1-4H3;1H. The van der Waals surface area contributed by atoms with Crippen LogP contribution in [0.5, 0.6) is 0 Å². The van der Waals surface area contributed by atoms with Crippen molar-refractivity contribution in [3.8, 4) is 0 Å². The van der Waals surface area contributed by atoms with Gasteiger partial charge in [0.2, 0.25) is 0 Å². The zero-order valence-electron chi connectivity index (χ0n) is 12.7. The lowest BCUT2D eigenvalue weighted by molar-refractivity contribution is -0.151. The van der Waals surface area contributed by atoms with Crippen molar-refractivity contribution in [2.45, 2.75) is 45.6 Å². The van der Waals surface area contributed by atoms with Gasteiger partial charge in [0, 0.05) is 6.04 Å². The second kappa shape index (κ2) is 8.77. The smallest absolute Gasteiger partial charge is 0.311 e. The van der Waals surface area contributed by atoms with Crippen molar-refractivity contribution < 1.29 is 9.53 Å². The number of ether oxygens (including phenoxy) is 1. The molecule has 0 bridgehead atoms. The molecule has 4 nitrogen and oxygen atoms in total. The normalized spacial score (nSPS) is 20.6. The third-order valence-electron chi connectivity index (χ3n) is 4.00. The Kier molecular flexibility index (Phi) is 8.62.